The molecule has 0 saturated carbocycles. The zero-order valence-corrected chi connectivity index (χ0v) is 17.3. The van der Waals surface area contributed by atoms with Crippen LogP contribution in [0.3, 0.4) is 0 Å². The van der Waals surface area contributed by atoms with Crippen LogP contribution < -0.4 is 9.47 Å². The lowest BCUT2D eigenvalue weighted by atomic mass is 10.0. The third-order valence-corrected chi connectivity index (χ3v) is 5.67. The van der Waals surface area contributed by atoms with Crippen LogP contribution in [0.5, 0.6) is 11.5 Å². The quantitative estimate of drug-likeness (QED) is 0.536. The highest BCUT2D eigenvalue weighted by atomic mass is 35.5. The van der Waals surface area contributed by atoms with Gasteiger partial charge >= 0.3 is 5.97 Å². The number of hydrogen-bond acceptors (Lipinski definition) is 6. The highest BCUT2D eigenvalue weighted by Gasteiger charge is 2.44. The van der Waals surface area contributed by atoms with Crippen LogP contribution in [0, 0.1) is 0 Å². The highest BCUT2D eigenvalue weighted by Crippen LogP contribution is 2.46. The average Bonchev–Trinajstić information content (AvgIpc) is 3.53. The Balaban J connectivity index is 1.63. The van der Waals surface area contributed by atoms with Gasteiger partial charge in [-0.25, -0.2) is 4.79 Å². The number of nitrogens with zero attached hydrogens (tertiary/aromatic N) is 1. The Kier molecular flexibility index (Phi) is 4.82. The number of hydrogen-bond donors (Lipinski definition) is 0. The van der Waals surface area contributed by atoms with Gasteiger partial charge in [0.2, 0.25) is 18.9 Å². The maximum absolute atomic E-state index is 12.9. The second kappa shape index (κ2) is 7.67. The van der Waals surface area contributed by atoms with Gasteiger partial charge in [0.1, 0.15) is 5.88 Å². The van der Waals surface area contributed by atoms with Gasteiger partial charge in [-0.2, -0.15) is 0 Å². The first-order valence-corrected chi connectivity index (χ1v) is 10.2. The molecule has 3 aliphatic rings. The number of alkyl halides is 1. The summed E-state index contributed by atoms with van der Waals surface area (Å²) in [6, 6.07) is 13.1. The van der Waals surface area contributed by atoms with Crippen LogP contribution in [0.2, 0.25) is 0 Å². The summed E-state index contributed by atoms with van der Waals surface area (Å²) in [5.41, 5.74) is 3.44. The highest BCUT2D eigenvalue weighted by molar-refractivity contribution is 6.27. The molecule has 7 nitrogen and oxygen atoms in total. The third kappa shape index (κ3) is 3.13. The molecule has 1 amide bonds. The fourth-order valence-corrected chi connectivity index (χ4v) is 4.16. The molecule has 0 saturated heterocycles. The molecule has 31 heavy (non-hydrogen) atoms. The van der Waals surface area contributed by atoms with E-state index in [-0.39, 0.29) is 24.1 Å². The Morgan fingerprint density at radius 3 is 2.77 bits per heavy atom. The van der Waals surface area contributed by atoms with Crippen molar-refractivity contribution < 1.29 is 28.5 Å². The average molecular weight is 440 g/mol. The first kappa shape index (κ1) is 19.5. The first-order valence-electron chi connectivity index (χ1n) is 9.68. The minimum absolute atomic E-state index is 0.0266. The molecule has 158 valence electrons. The van der Waals surface area contributed by atoms with Crippen LogP contribution in [0.1, 0.15) is 22.9 Å². The molecule has 0 radical (unpaired) electrons. The molecule has 1 aliphatic carbocycles. The molecule has 2 aliphatic heterocycles. The van der Waals surface area contributed by atoms with Crippen molar-refractivity contribution >= 4 is 29.1 Å². The fraction of sp³-hybridized carbons (Fsp3) is 0.217. The molecule has 2 aromatic carbocycles. The van der Waals surface area contributed by atoms with Crippen molar-refractivity contribution in [2.45, 2.75) is 12.6 Å². The molecule has 8 heteroatoms. The largest absolute Gasteiger partial charge is 0.464 e. The molecule has 0 spiro atoms. The van der Waals surface area contributed by atoms with Crippen LogP contribution in [0.4, 0.5) is 0 Å². The second-order valence-electron chi connectivity index (χ2n) is 7.13. The predicted octanol–water partition coefficient (Wildman–Crippen LogP) is 3.54. The molecular formula is C23H18ClNO6. The lowest BCUT2D eigenvalue weighted by Crippen LogP contribution is -2.35. The lowest BCUT2D eigenvalue weighted by molar-refractivity contribution is -0.143. The van der Waals surface area contributed by atoms with Crippen LogP contribution in [0.25, 0.3) is 5.57 Å². The molecule has 2 heterocycles. The summed E-state index contributed by atoms with van der Waals surface area (Å²) in [5.74, 6) is -0.0523. The van der Waals surface area contributed by atoms with E-state index in [0.29, 0.717) is 23.5 Å². The van der Waals surface area contributed by atoms with Crippen LogP contribution in [-0.4, -0.2) is 36.6 Å². The Bertz CT molecular complexity index is 1150. The number of esters is 1. The second-order valence-corrected chi connectivity index (χ2v) is 7.40. The van der Waals surface area contributed by atoms with Gasteiger partial charge in [0.05, 0.1) is 7.11 Å². The van der Waals surface area contributed by atoms with Crippen molar-refractivity contribution in [2.24, 2.45) is 0 Å². The fourth-order valence-electron chi connectivity index (χ4n) is 4.03. The number of methoxy groups -OCH3 is 1. The molecule has 0 N–H and O–H groups in total. The van der Waals surface area contributed by atoms with E-state index >= 15 is 0 Å². The third-order valence-electron chi connectivity index (χ3n) is 5.44. The molecule has 0 fully saturated rings. The standard InChI is InChI=1S/C23H18ClNO6/c1-28-23(27)20-21(16-8-6-13-4-2-3-5-15(13)16)31-22(25(20)19(26)11-24)14-7-9-17-18(10-14)30-12-29-17/h2-5,7-10,22H,6,11-12H2,1H3. The Hall–Kier alpha value is -3.45. The smallest absolute Gasteiger partial charge is 0.358 e. The minimum Gasteiger partial charge on any atom is -0.464 e. The number of fused-ring (bicyclic) bond motifs is 2. The van der Waals surface area contributed by atoms with Crippen molar-refractivity contribution in [1.82, 2.24) is 4.90 Å². The van der Waals surface area contributed by atoms with Gasteiger partial charge in [0, 0.05) is 11.1 Å². The van der Waals surface area contributed by atoms with E-state index in [1.165, 1.54) is 12.0 Å². The van der Waals surface area contributed by atoms with Gasteiger partial charge in [0.25, 0.3) is 0 Å². The van der Waals surface area contributed by atoms with Gasteiger partial charge in [-0.1, -0.05) is 30.3 Å². The summed E-state index contributed by atoms with van der Waals surface area (Å²) in [5, 5.41) is 0. The summed E-state index contributed by atoms with van der Waals surface area (Å²) in [7, 11) is 1.27. The summed E-state index contributed by atoms with van der Waals surface area (Å²) in [4.78, 5) is 26.9. The SMILES string of the molecule is COC(=O)C1=C(C2=CCc3ccccc32)OC(c2ccc3c(c2)OCO3)N1C(=O)CCl. The maximum atomic E-state index is 12.9. The van der Waals surface area contributed by atoms with Gasteiger partial charge in [0.15, 0.2) is 23.0 Å². The molecule has 0 aromatic heterocycles. The molecule has 1 atom stereocenters. The van der Waals surface area contributed by atoms with Crippen molar-refractivity contribution in [3.8, 4) is 11.5 Å². The number of benzene rings is 2. The number of amides is 1. The predicted molar refractivity (Wildman–Crippen MR) is 111 cm³/mol. The zero-order valence-electron chi connectivity index (χ0n) is 16.6. The number of carbonyl (C=O) groups is 2. The Labute approximate surface area is 183 Å². The lowest BCUT2D eigenvalue weighted by Gasteiger charge is -2.24. The van der Waals surface area contributed by atoms with Crippen molar-refractivity contribution in [3.63, 3.8) is 0 Å². The Morgan fingerprint density at radius 1 is 1.16 bits per heavy atom. The summed E-state index contributed by atoms with van der Waals surface area (Å²) in [6.07, 6.45) is 1.78. The number of allylic oxidation sites excluding steroid dienone is 2. The van der Waals surface area contributed by atoms with E-state index in [1.54, 1.807) is 18.2 Å². The number of rotatable bonds is 4. The van der Waals surface area contributed by atoms with Crippen LogP contribution >= 0.6 is 11.6 Å². The van der Waals surface area contributed by atoms with Gasteiger partial charge in [-0.05, 0) is 35.7 Å². The topological polar surface area (TPSA) is 74.3 Å². The first-order chi connectivity index (χ1) is 15.1. The van der Waals surface area contributed by atoms with E-state index in [2.05, 4.69) is 0 Å². The van der Waals surface area contributed by atoms with E-state index in [0.717, 1.165) is 16.7 Å². The molecular weight excluding hydrogens is 422 g/mol. The minimum atomic E-state index is -0.904. The summed E-state index contributed by atoms with van der Waals surface area (Å²) < 4.78 is 22.1. The van der Waals surface area contributed by atoms with E-state index in [9.17, 15) is 9.59 Å². The van der Waals surface area contributed by atoms with E-state index < -0.39 is 18.1 Å². The van der Waals surface area contributed by atoms with E-state index in [4.69, 9.17) is 30.5 Å². The van der Waals surface area contributed by atoms with E-state index in [1.807, 2.05) is 30.3 Å². The molecule has 5 rings (SSSR count). The van der Waals surface area contributed by atoms with Gasteiger partial charge < -0.3 is 18.9 Å². The summed E-state index contributed by atoms with van der Waals surface area (Å²) in [6.45, 7) is 0.120. The summed E-state index contributed by atoms with van der Waals surface area (Å²) >= 11 is 5.90. The van der Waals surface area contributed by atoms with Crippen molar-refractivity contribution in [3.05, 3.63) is 76.7 Å². The van der Waals surface area contributed by atoms with Crippen molar-refractivity contribution in [1.29, 1.82) is 0 Å². The molecule has 2 aromatic rings. The zero-order chi connectivity index (χ0) is 21.5. The number of halogens is 1. The molecule has 0 bridgehead atoms. The maximum Gasteiger partial charge on any atom is 0.358 e. The van der Waals surface area contributed by atoms with Crippen molar-refractivity contribution in [2.75, 3.05) is 19.8 Å². The Morgan fingerprint density at radius 2 is 1.97 bits per heavy atom. The normalized spacial score (nSPS) is 18.6. The number of carbonyl (C=O) groups excluding carboxylic acids is 2. The van der Waals surface area contributed by atoms with Crippen LogP contribution in [-0.2, 0) is 25.5 Å². The van der Waals surface area contributed by atoms with Gasteiger partial charge in [-0.3, -0.25) is 9.69 Å². The van der Waals surface area contributed by atoms with Crippen LogP contribution in [0.15, 0.2) is 60.0 Å². The van der Waals surface area contributed by atoms with Gasteiger partial charge in [-0.15, -0.1) is 11.6 Å². The monoisotopic (exact) mass is 439 g/mol. The molecule has 1 unspecified atom stereocenters. The number of ether oxygens (including phenoxy) is 4.